The van der Waals surface area contributed by atoms with Gasteiger partial charge in [-0.1, -0.05) is 148 Å². The summed E-state index contributed by atoms with van der Waals surface area (Å²) in [5, 5.41) is 15.3. The molecule has 0 spiro atoms. The molecule has 7 nitrogen and oxygen atoms in total. The molecule has 0 saturated carbocycles. The zero-order valence-corrected chi connectivity index (χ0v) is 38.2. The SMILES string of the molecule is C/C=C(\C=C/NCCN=O)/C=C/c1ccc(N(CCCCSSCCCCN(Cc2ccccc2)c2ccc(/C=C/C3=CC(C)N(CCO)C=C3)cc2)Cc2ccccc2)cc1. The summed E-state index contributed by atoms with van der Waals surface area (Å²) in [4.78, 5) is 17.5. The van der Waals surface area contributed by atoms with E-state index in [-0.39, 0.29) is 19.2 Å². The lowest BCUT2D eigenvalue weighted by Crippen LogP contribution is -2.31. The number of aliphatic hydroxyl groups is 1. The highest BCUT2D eigenvalue weighted by atomic mass is 33.1. The minimum atomic E-state index is 0.163. The lowest BCUT2D eigenvalue weighted by atomic mass is 10.1. The molecule has 4 aromatic carbocycles. The van der Waals surface area contributed by atoms with Crippen molar-refractivity contribution in [3.63, 3.8) is 0 Å². The van der Waals surface area contributed by atoms with Crippen LogP contribution >= 0.6 is 21.6 Å². The first-order valence-corrected chi connectivity index (χ1v) is 24.5. The van der Waals surface area contributed by atoms with Gasteiger partial charge in [-0.15, -0.1) is 0 Å². The molecule has 0 bridgehead atoms. The number of allylic oxidation sites excluding steroid dienone is 7. The number of β-amino-alcohol motifs (C(OH)–C–C–N with tert-alkyl or cyclic N) is 1. The number of benzene rings is 4. The van der Waals surface area contributed by atoms with E-state index in [4.69, 9.17) is 0 Å². The van der Waals surface area contributed by atoms with Crippen LogP contribution in [0.4, 0.5) is 11.4 Å². The molecular formula is C53H65N5O2S2. The molecule has 5 rings (SSSR count). The Balaban J connectivity index is 1.04. The Bertz CT molecular complexity index is 2050. The number of unbranched alkanes of at least 4 members (excludes halogenated alkanes) is 2. The molecule has 1 unspecified atom stereocenters. The standard InChI is InChI=1S/C53H65N5O2S2/c1-3-46(30-32-54-33-34-55-60)18-19-47-22-26-52(27-23-47)57(43-50-14-6-4-7-15-50)35-10-12-40-61-62-41-13-11-36-58(44-51-16-8-5-9-17-51)53-28-24-48(25-29-53)20-21-49-31-37-56(38-39-59)45(2)42-49/h3-9,14-32,37,42,45,54,59H,10-13,33-36,38-41,43-44H2,1-2H3/b19-18+,21-20+,32-30-,46-3-. The van der Waals surface area contributed by atoms with Crippen LogP contribution < -0.4 is 15.1 Å². The van der Waals surface area contributed by atoms with Crippen molar-refractivity contribution in [2.45, 2.75) is 58.7 Å². The summed E-state index contributed by atoms with van der Waals surface area (Å²) in [6, 6.07) is 39.7. The minimum absolute atomic E-state index is 0.163. The van der Waals surface area contributed by atoms with Crippen molar-refractivity contribution in [3.8, 4) is 0 Å². The van der Waals surface area contributed by atoms with Gasteiger partial charge in [-0.3, -0.25) is 0 Å². The summed E-state index contributed by atoms with van der Waals surface area (Å²) in [7, 11) is 4.04. The normalized spacial score (nSPS) is 14.2. The Hall–Kier alpha value is -5.22. The second kappa shape index (κ2) is 28.4. The molecule has 0 aromatic heterocycles. The maximum atomic E-state index is 10.3. The van der Waals surface area contributed by atoms with Gasteiger partial charge in [-0.05, 0) is 116 Å². The van der Waals surface area contributed by atoms with Gasteiger partial charge in [0, 0.05) is 74.4 Å². The van der Waals surface area contributed by atoms with Crippen molar-refractivity contribution >= 4 is 45.1 Å². The van der Waals surface area contributed by atoms with E-state index in [9.17, 15) is 10.0 Å². The van der Waals surface area contributed by atoms with Crippen LogP contribution in [0.2, 0.25) is 0 Å². The highest BCUT2D eigenvalue weighted by Crippen LogP contribution is 2.26. The summed E-state index contributed by atoms with van der Waals surface area (Å²) in [5.74, 6) is 2.32. The van der Waals surface area contributed by atoms with Gasteiger partial charge >= 0.3 is 0 Å². The molecule has 1 heterocycles. The number of aliphatic hydroxyl groups excluding tert-OH is 1. The van der Waals surface area contributed by atoms with E-state index in [1.54, 1.807) is 0 Å². The molecule has 4 aromatic rings. The van der Waals surface area contributed by atoms with Gasteiger partial charge in [0.2, 0.25) is 0 Å². The number of nitroso groups, excluding NO2 is 1. The van der Waals surface area contributed by atoms with Gasteiger partial charge in [0.05, 0.1) is 13.2 Å². The molecule has 326 valence electrons. The van der Waals surface area contributed by atoms with Crippen molar-refractivity contribution in [2.24, 2.45) is 5.18 Å². The van der Waals surface area contributed by atoms with Crippen LogP contribution in [0.15, 0.2) is 174 Å². The first-order chi connectivity index (χ1) is 30.5. The molecule has 2 N–H and O–H groups in total. The molecule has 0 amide bonds. The van der Waals surface area contributed by atoms with Gasteiger partial charge in [0.15, 0.2) is 0 Å². The largest absolute Gasteiger partial charge is 0.395 e. The Morgan fingerprint density at radius 2 is 1.31 bits per heavy atom. The molecule has 0 aliphatic carbocycles. The van der Waals surface area contributed by atoms with Crippen LogP contribution in [0.3, 0.4) is 0 Å². The van der Waals surface area contributed by atoms with Gasteiger partial charge in [-0.25, -0.2) is 0 Å². The van der Waals surface area contributed by atoms with Crippen molar-refractivity contribution in [1.82, 2.24) is 10.2 Å². The van der Waals surface area contributed by atoms with Crippen LogP contribution in [-0.4, -0.2) is 66.9 Å². The predicted molar refractivity (Wildman–Crippen MR) is 271 cm³/mol. The van der Waals surface area contributed by atoms with Crippen molar-refractivity contribution < 1.29 is 5.11 Å². The van der Waals surface area contributed by atoms with Gasteiger partial charge < -0.3 is 25.1 Å². The Kier molecular flexibility index (Phi) is 21.9. The maximum absolute atomic E-state index is 10.3. The van der Waals surface area contributed by atoms with E-state index in [1.807, 2.05) is 40.8 Å². The van der Waals surface area contributed by atoms with Crippen LogP contribution in [-0.2, 0) is 13.1 Å². The molecule has 1 atom stereocenters. The lowest BCUT2D eigenvalue weighted by molar-refractivity contribution is 0.221. The van der Waals surface area contributed by atoms with Crippen LogP contribution in [0.25, 0.3) is 12.2 Å². The monoisotopic (exact) mass is 867 g/mol. The number of hydrogen-bond donors (Lipinski definition) is 2. The van der Waals surface area contributed by atoms with Crippen LogP contribution in [0.1, 0.15) is 61.8 Å². The molecule has 0 radical (unpaired) electrons. The third-order valence-electron chi connectivity index (χ3n) is 10.6. The molecular weight excluding hydrogens is 803 g/mol. The molecule has 0 fully saturated rings. The Morgan fingerprint density at radius 3 is 1.82 bits per heavy atom. The van der Waals surface area contributed by atoms with Crippen molar-refractivity contribution in [1.29, 1.82) is 0 Å². The van der Waals surface area contributed by atoms with E-state index in [1.165, 1.54) is 46.5 Å². The fraction of sp³-hybridized carbons (Fsp3) is 0.321. The quantitative estimate of drug-likeness (QED) is 0.0253. The average Bonchev–Trinajstić information content (AvgIpc) is 3.31. The van der Waals surface area contributed by atoms with Crippen LogP contribution in [0, 0.1) is 4.91 Å². The van der Waals surface area contributed by atoms with Gasteiger partial charge in [0.1, 0.15) is 0 Å². The van der Waals surface area contributed by atoms with E-state index >= 15 is 0 Å². The lowest BCUT2D eigenvalue weighted by Gasteiger charge is -2.28. The summed E-state index contributed by atoms with van der Waals surface area (Å²) >= 11 is 0. The fourth-order valence-electron chi connectivity index (χ4n) is 7.08. The molecule has 0 saturated heterocycles. The first kappa shape index (κ1) is 47.8. The second-order valence-electron chi connectivity index (χ2n) is 15.3. The van der Waals surface area contributed by atoms with Gasteiger partial charge in [-0.2, -0.15) is 4.91 Å². The average molecular weight is 868 g/mol. The van der Waals surface area contributed by atoms with E-state index < -0.39 is 0 Å². The molecule has 1 aliphatic heterocycles. The highest BCUT2D eigenvalue weighted by molar-refractivity contribution is 8.76. The number of nitrogens with one attached hydrogen (secondary N) is 1. The van der Waals surface area contributed by atoms with E-state index in [2.05, 4.69) is 190 Å². The van der Waals surface area contributed by atoms with Crippen molar-refractivity contribution in [3.05, 3.63) is 196 Å². The zero-order chi connectivity index (χ0) is 43.5. The smallest absolute Gasteiger partial charge is 0.0983 e. The third kappa shape index (κ3) is 17.6. The second-order valence-corrected chi connectivity index (χ2v) is 18.0. The highest BCUT2D eigenvalue weighted by Gasteiger charge is 2.12. The predicted octanol–water partition coefficient (Wildman–Crippen LogP) is 12.3. The number of nitrogens with zero attached hydrogens (tertiary/aromatic N) is 4. The number of hydrogen-bond acceptors (Lipinski definition) is 9. The summed E-state index contributed by atoms with van der Waals surface area (Å²) < 4.78 is 0. The fourth-order valence-corrected chi connectivity index (χ4v) is 9.37. The van der Waals surface area contributed by atoms with Crippen LogP contribution in [0.5, 0.6) is 0 Å². The Morgan fingerprint density at radius 1 is 0.742 bits per heavy atom. The minimum Gasteiger partial charge on any atom is -0.395 e. The van der Waals surface area contributed by atoms with Gasteiger partial charge in [0.25, 0.3) is 0 Å². The third-order valence-corrected chi connectivity index (χ3v) is 13.2. The summed E-state index contributed by atoms with van der Waals surface area (Å²) in [6.45, 7) is 9.63. The maximum Gasteiger partial charge on any atom is 0.0983 e. The Labute approximate surface area is 379 Å². The summed E-state index contributed by atoms with van der Waals surface area (Å²) in [5.41, 5.74) is 9.78. The number of rotatable bonds is 28. The molecule has 9 heteroatoms. The zero-order valence-electron chi connectivity index (χ0n) is 36.6. The van der Waals surface area contributed by atoms with E-state index in [0.717, 1.165) is 61.7 Å². The van der Waals surface area contributed by atoms with Crippen molar-refractivity contribution in [2.75, 3.05) is 60.6 Å². The summed E-state index contributed by atoms with van der Waals surface area (Å²) in [6.07, 6.45) is 25.6. The van der Waals surface area contributed by atoms with E-state index in [0.29, 0.717) is 13.1 Å². The first-order valence-electron chi connectivity index (χ1n) is 22.0. The topological polar surface area (TPSA) is 71.4 Å². The molecule has 62 heavy (non-hydrogen) atoms. The number of anilines is 2. The molecule has 1 aliphatic rings.